The number of sulfonamides is 1. The Morgan fingerprint density at radius 3 is 2.57 bits per heavy atom. The van der Waals surface area contributed by atoms with Crippen molar-refractivity contribution in [3.8, 4) is 0 Å². The molecule has 1 aromatic carbocycles. The minimum atomic E-state index is -3.76. The van der Waals surface area contributed by atoms with E-state index in [-0.39, 0.29) is 28.1 Å². The van der Waals surface area contributed by atoms with Crippen LogP contribution in [0.25, 0.3) is 0 Å². The van der Waals surface area contributed by atoms with Gasteiger partial charge in [0.05, 0.1) is 11.6 Å². The van der Waals surface area contributed by atoms with E-state index in [4.69, 9.17) is 23.2 Å². The lowest BCUT2D eigenvalue weighted by molar-refractivity contribution is 0.281. The smallest absolute Gasteiger partial charge is 0.244 e. The second kappa shape index (κ2) is 6.64. The van der Waals surface area contributed by atoms with Crippen molar-refractivity contribution in [1.82, 2.24) is 4.31 Å². The maximum atomic E-state index is 12.6. The van der Waals surface area contributed by atoms with Gasteiger partial charge < -0.3 is 5.11 Å². The van der Waals surface area contributed by atoms with Gasteiger partial charge in [0.1, 0.15) is 4.90 Å². The molecule has 0 aliphatic heterocycles. The molecule has 4 nitrogen and oxygen atoms in total. The fourth-order valence-corrected chi connectivity index (χ4v) is 4.58. The highest BCUT2D eigenvalue weighted by atomic mass is 35.5. The van der Waals surface area contributed by atoms with Crippen LogP contribution >= 0.6 is 34.5 Å². The van der Waals surface area contributed by atoms with E-state index in [0.29, 0.717) is 5.56 Å². The van der Waals surface area contributed by atoms with Gasteiger partial charge in [0.25, 0.3) is 0 Å². The number of thiophene rings is 1. The zero-order valence-corrected chi connectivity index (χ0v) is 14.2. The van der Waals surface area contributed by atoms with Crippen molar-refractivity contribution in [2.24, 2.45) is 0 Å². The first-order valence-corrected chi connectivity index (χ1v) is 9.01. The van der Waals surface area contributed by atoms with Crippen LogP contribution in [0.15, 0.2) is 34.5 Å². The SMILES string of the molecule is CN(Cc1cccs1)S(=O)(=O)c1cc(CO)c(Cl)cc1Cl. The standard InChI is InChI=1S/C13H13Cl2NO3S2/c1-16(7-10-3-2-4-20-10)21(18,19)13-5-9(8-17)11(14)6-12(13)15/h2-6,17H,7-8H2,1H3. The predicted molar refractivity (Wildman–Crippen MR) is 85.4 cm³/mol. The van der Waals surface area contributed by atoms with Crippen LogP contribution in [-0.2, 0) is 23.2 Å². The number of benzene rings is 1. The van der Waals surface area contributed by atoms with Crippen LogP contribution in [0, 0.1) is 0 Å². The summed E-state index contributed by atoms with van der Waals surface area (Å²) in [6.45, 7) is -0.0967. The summed E-state index contributed by atoms with van der Waals surface area (Å²) in [7, 11) is -2.27. The Bertz CT molecular complexity index is 730. The van der Waals surface area contributed by atoms with Crippen molar-refractivity contribution >= 4 is 44.6 Å². The summed E-state index contributed by atoms with van der Waals surface area (Å²) in [4.78, 5) is 0.866. The molecule has 0 saturated heterocycles. The maximum absolute atomic E-state index is 12.6. The van der Waals surface area contributed by atoms with Crippen molar-refractivity contribution < 1.29 is 13.5 Å². The van der Waals surface area contributed by atoms with Crippen molar-refractivity contribution in [3.05, 3.63) is 50.1 Å². The fraction of sp³-hybridized carbons (Fsp3) is 0.231. The van der Waals surface area contributed by atoms with Gasteiger partial charge in [-0.25, -0.2) is 8.42 Å². The zero-order chi connectivity index (χ0) is 15.6. The molecule has 0 radical (unpaired) electrons. The summed E-state index contributed by atoms with van der Waals surface area (Å²) in [6, 6.07) is 6.37. The second-order valence-corrected chi connectivity index (χ2v) is 8.23. The first kappa shape index (κ1) is 16.7. The number of hydrogen-bond donors (Lipinski definition) is 1. The van der Waals surface area contributed by atoms with Crippen molar-refractivity contribution in [3.63, 3.8) is 0 Å². The summed E-state index contributed by atoms with van der Waals surface area (Å²) >= 11 is 13.4. The highest BCUT2D eigenvalue weighted by Crippen LogP contribution is 2.31. The Labute approximate surface area is 137 Å². The van der Waals surface area contributed by atoms with Gasteiger partial charge in [-0.15, -0.1) is 11.3 Å². The third kappa shape index (κ3) is 3.59. The number of halogens is 2. The third-order valence-electron chi connectivity index (χ3n) is 2.92. The van der Waals surface area contributed by atoms with Crippen molar-refractivity contribution in [2.45, 2.75) is 18.0 Å². The van der Waals surface area contributed by atoms with Gasteiger partial charge in [-0.05, 0) is 29.1 Å². The lowest BCUT2D eigenvalue weighted by Gasteiger charge is -2.18. The number of aliphatic hydroxyl groups excluding tert-OH is 1. The number of nitrogens with zero attached hydrogens (tertiary/aromatic N) is 1. The maximum Gasteiger partial charge on any atom is 0.244 e. The van der Waals surface area contributed by atoms with E-state index in [1.54, 1.807) is 0 Å². The Kier molecular flexibility index (Phi) is 5.29. The van der Waals surface area contributed by atoms with E-state index in [1.165, 1.54) is 34.8 Å². The van der Waals surface area contributed by atoms with Gasteiger partial charge in [0, 0.05) is 23.5 Å². The molecule has 2 rings (SSSR count). The average Bonchev–Trinajstić information content (AvgIpc) is 2.91. The molecule has 0 saturated carbocycles. The quantitative estimate of drug-likeness (QED) is 0.883. The Hall–Kier alpha value is -0.630. The highest BCUT2D eigenvalue weighted by Gasteiger charge is 2.25. The minimum Gasteiger partial charge on any atom is -0.392 e. The van der Waals surface area contributed by atoms with Gasteiger partial charge in [0.2, 0.25) is 10.0 Å². The van der Waals surface area contributed by atoms with E-state index in [1.807, 2.05) is 17.5 Å². The molecule has 0 amide bonds. The zero-order valence-electron chi connectivity index (χ0n) is 11.1. The fourth-order valence-electron chi connectivity index (χ4n) is 1.76. The van der Waals surface area contributed by atoms with Crippen LogP contribution in [0.3, 0.4) is 0 Å². The first-order chi connectivity index (χ1) is 9.86. The van der Waals surface area contributed by atoms with E-state index >= 15 is 0 Å². The minimum absolute atomic E-state index is 0.0372. The molecule has 8 heteroatoms. The molecule has 0 atom stereocenters. The van der Waals surface area contributed by atoms with Crippen LogP contribution in [0.2, 0.25) is 10.0 Å². The van der Waals surface area contributed by atoms with Crippen LogP contribution in [0.4, 0.5) is 0 Å². The molecule has 0 aliphatic rings. The van der Waals surface area contributed by atoms with Crippen LogP contribution in [0.1, 0.15) is 10.4 Å². The molecule has 0 aliphatic carbocycles. The predicted octanol–water partition coefficient (Wildman–Crippen LogP) is 3.37. The largest absolute Gasteiger partial charge is 0.392 e. The van der Waals surface area contributed by atoms with Crippen molar-refractivity contribution in [2.75, 3.05) is 7.05 Å². The molecule has 0 bridgehead atoms. The van der Waals surface area contributed by atoms with Gasteiger partial charge >= 0.3 is 0 Å². The van der Waals surface area contributed by atoms with E-state index in [0.717, 1.165) is 4.88 Å². The molecule has 1 N–H and O–H groups in total. The molecule has 0 spiro atoms. The summed E-state index contributed by atoms with van der Waals surface area (Å²) in [5.74, 6) is 0. The van der Waals surface area contributed by atoms with E-state index in [2.05, 4.69) is 0 Å². The Morgan fingerprint density at radius 1 is 1.29 bits per heavy atom. The molecule has 114 valence electrons. The summed E-state index contributed by atoms with van der Waals surface area (Å²) in [6.07, 6.45) is 0. The molecule has 1 aromatic heterocycles. The lowest BCUT2D eigenvalue weighted by atomic mass is 10.2. The first-order valence-electron chi connectivity index (χ1n) is 5.93. The second-order valence-electron chi connectivity index (χ2n) is 4.37. The van der Waals surface area contributed by atoms with Gasteiger partial charge in [-0.2, -0.15) is 4.31 Å². The highest BCUT2D eigenvalue weighted by molar-refractivity contribution is 7.89. The molecule has 0 unspecified atom stereocenters. The lowest BCUT2D eigenvalue weighted by Crippen LogP contribution is -2.26. The molecule has 0 fully saturated rings. The number of hydrogen-bond acceptors (Lipinski definition) is 4. The molecule has 21 heavy (non-hydrogen) atoms. The summed E-state index contributed by atoms with van der Waals surface area (Å²) in [5, 5.41) is 11.4. The van der Waals surface area contributed by atoms with Crippen LogP contribution in [-0.4, -0.2) is 24.9 Å². The monoisotopic (exact) mass is 365 g/mol. The van der Waals surface area contributed by atoms with Crippen LogP contribution < -0.4 is 0 Å². The van der Waals surface area contributed by atoms with Gasteiger partial charge in [-0.3, -0.25) is 0 Å². The van der Waals surface area contributed by atoms with Crippen LogP contribution in [0.5, 0.6) is 0 Å². The Morgan fingerprint density at radius 2 is 2.00 bits per heavy atom. The average molecular weight is 366 g/mol. The van der Waals surface area contributed by atoms with E-state index < -0.39 is 10.0 Å². The molecule has 2 aromatic rings. The molecule has 1 heterocycles. The normalized spacial score (nSPS) is 12.0. The third-order valence-corrected chi connectivity index (χ3v) is 6.40. The molecular weight excluding hydrogens is 353 g/mol. The van der Waals surface area contributed by atoms with Gasteiger partial charge in [-0.1, -0.05) is 29.3 Å². The van der Waals surface area contributed by atoms with E-state index in [9.17, 15) is 13.5 Å². The topological polar surface area (TPSA) is 57.6 Å². The Balaban J connectivity index is 2.39. The number of rotatable bonds is 5. The summed E-state index contributed by atoms with van der Waals surface area (Å²) < 4.78 is 26.4. The number of aliphatic hydroxyl groups is 1. The van der Waals surface area contributed by atoms with Crippen molar-refractivity contribution in [1.29, 1.82) is 0 Å². The molecular formula is C13H13Cl2NO3S2. The van der Waals surface area contributed by atoms with Gasteiger partial charge in [0.15, 0.2) is 0 Å². The summed E-state index contributed by atoms with van der Waals surface area (Å²) in [5.41, 5.74) is 0.323.